The highest BCUT2D eigenvalue weighted by molar-refractivity contribution is 7.98. The smallest absolute Gasteiger partial charge is 0.251 e. The van der Waals surface area contributed by atoms with Crippen molar-refractivity contribution in [3.8, 4) is 16.8 Å². The zero-order valence-electron chi connectivity index (χ0n) is 19.2. The van der Waals surface area contributed by atoms with E-state index < -0.39 is 0 Å². The number of rotatable bonds is 8. The molecule has 1 N–H and O–H groups in total. The fraction of sp³-hybridized carbons (Fsp3) is 0.0714. The second kappa shape index (κ2) is 11.0. The summed E-state index contributed by atoms with van der Waals surface area (Å²) in [5.74, 6) is 0.677. The van der Waals surface area contributed by atoms with Crippen LogP contribution < -0.4 is 5.32 Å². The van der Waals surface area contributed by atoms with Gasteiger partial charge in [0.1, 0.15) is 5.82 Å². The Labute approximate surface area is 212 Å². The van der Waals surface area contributed by atoms with Gasteiger partial charge in [-0.3, -0.25) is 14.3 Å². The number of carbonyl (C=O) groups is 1. The van der Waals surface area contributed by atoms with E-state index in [1.54, 1.807) is 36.7 Å². The van der Waals surface area contributed by atoms with Crippen molar-refractivity contribution < 1.29 is 9.18 Å². The number of nitrogens with one attached hydrogen (secondary N) is 1. The van der Waals surface area contributed by atoms with Crippen molar-refractivity contribution in [1.82, 2.24) is 25.1 Å². The van der Waals surface area contributed by atoms with Crippen LogP contribution in [0.3, 0.4) is 0 Å². The quantitative estimate of drug-likeness (QED) is 0.280. The van der Waals surface area contributed by atoms with Crippen molar-refractivity contribution in [2.24, 2.45) is 0 Å². The fourth-order valence-electron chi connectivity index (χ4n) is 3.69. The number of halogens is 1. The summed E-state index contributed by atoms with van der Waals surface area (Å²) in [6.45, 7) is 0.166. The topological polar surface area (TPSA) is 72.7 Å². The van der Waals surface area contributed by atoms with Crippen molar-refractivity contribution in [3.63, 3.8) is 0 Å². The number of thioether (sulfide) groups is 1. The van der Waals surface area contributed by atoms with Gasteiger partial charge in [-0.2, -0.15) is 0 Å². The van der Waals surface area contributed by atoms with Crippen LogP contribution in [0.4, 0.5) is 4.39 Å². The molecular formula is C28H22FN5OS. The SMILES string of the molecule is O=C(NCc1nnc(SCc2ccncc2)n1-c1ccc(F)cc1)c1ccc(-c2ccccc2)cc1. The molecule has 0 saturated carbocycles. The van der Waals surface area contributed by atoms with Crippen LogP contribution in [0.1, 0.15) is 21.7 Å². The Bertz CT molecular complexity index is 1440. The van der Waals surface area contributed by atoms with E-state index in [1.165, 1.54) is 23.9 Å². The number of benzene rings is 3. The van der Waals surface area contributed by atoms with Crippen molar-refractivity contribution >= 4 is 17.7 Å². The molecule has 0 aliphatic rings. The first-order valence-corrected chi connectivity index (χ1v) is 12.3. The maximum atomic E-state index is 13.6. The van der Waals surface area contributed by atoms with Crippen LogP contribution in [0.25, 0.3) is 16.8 Å². The van der Waals surface area contributed by atoms with Gasteiger partial charge in [0.05, 0.1) is 6.54 Å². The number of nitrogens with zero attached hydrogens (tertiary/aromatic N) is 4. The number of pyridine rings is 1. The Kier molecular flexibility index (Phi) is 7.14. The number of hydrogen-bond donors (Lipinski definition) is 1. The molecular weight excluding hydrogens is 473 g/mol. The molecule has 0 aliphatic heterocycles. The van der Waals surface area contributed by atoms with E-state index in [-0.39, 0.29) is 18.3 Å². The van der Waals surface area contributed by atoms with E-state index >= 15 is 0 Å². The molecule has 0 bridgehead atoms. The molecule has 0 unspecified atom stereocenters. The average Bonchev–Trinajstić information content (AvgIpc) is 3.35. The highest BCUT2D eigenvalue weighted by atomic mass is 32.2. The molecule has 0 spiro atoms. The molecule has 36 heavy (non-hydrogen) atoms. The van der Waals surface area contributed by atoms with Crippen LogP contribution >= 0.6 is 11.8 Å². The minimum atomic E-state index is -0.327. The lowest BCUT2D eigenvalue weighted by atomic mass is 10.0. The van der Waals surface area contributed by atoms with E-state index in [0.717, 1.165) is 22.4 Å². The Morgan fingerprint density at radius 2 is 1.53 bits per heavy atom. The molecule has 8 heteroatoms. The number of aromatic nitrogens is 4. The van der Waals surface area contributed by atoms with Crippen LogP contribution in [0.2, 0.25) is 0 Å². The molecule has 0 atom stereocenters. The third-order valence-electron chi connectivity index (χ3n) is 5.56. The van der Waals surface area contributed by atoms with Gasteiger partial charge in [-0.05, 0) is 65.2 Å². The van der Waals surface area contributed by atoms with Gasteiger partial charge in [-0.1, -0.05) is 54.2 Å². The molecule has 1 amide bonds. The van der Waals surface area contributed by atoms with Gasteiger partial charge in [-0.15, -0.1) is 10.2 Å². The zero-order valence-corrected chi connectivity index (χ0v) is 20.0. The monoisotopic (exact) mass is 495 g/mol. The van der Waals surface area contributed by atoms with E-state index in [4.69, 9.17) is 0 Å². The number of amides is 1. The Morgan fingerprint density at radius 3 is 2.25 bits per heavy atom. The predicted octanol–water partition coefficient (Wildman–Crippen LogP) is 5.69. The van der Waals surface area contributed by atoms with Gasteiger partial charge >= 0.3 is 0 Å². The van der Waals surface area contributed by atoms with Crippen LogP contribution in [-0.2, 0) is 12.3 Å². The lowest BCUT2D eigenvalue weighted by Crippen LogP contribution is -2.24. The van der Waals surface area contributed by atoms with Crippen LogP contribution in [0, 0.1) is 5.82 Å². The molecule has 0 fully saturated rings. The third kappa shape index (κ3) is 5.50. The molecule has 0 saturated heterocycles. The maximum absolute atomic E-state index is 13.6. The van der Waals surface area contributed by atoms with E-state index in [2.05, 4.69) is 20.5 Å². The summed E-state index contributed by atoms with van der Waals surface area (Å²) in [6.07, 6.45) is 3.49. The fourth-order valence-corrected chi connectivity index (χ4v) is 4.62. The summed E-state index contributed by atoms with van der Waals surface area (Å²) >= 11 is 1.51. The first kappa shape index (κ1) is 23.4. The Hall–Kier alpha value is -4.30. The summed E-state index contributed by atoms with van der Waals surface area (Å²) in [7, 11) is 0. The highest BCUT2D eigenvalue weighted by Crippen LogP contribution is 2.25. The van der Waals surface area contributed by atoms with Crippen molar-refractivity contribution in [2.45, 2.75) is 17.5 Å². The van der Waals surface area contributed by atoms with Crippen LogP contribution in [0.15, 0.2) is 109 Å². The van der Waals surface area contributed by atoms with Crippen LogP contribution in [0.5, 0.6) is 0 Å². The summed E-state index contributed by atoms with van der Waals surface area (Å²) < 4.78 is 15.4. The summed E-state index contributed by atoms with van der Waals surface area (Å²) in [5.41, 5.74) is 4.50. The van der Waals surface area contributed by atoms with E-state index in [9.17, 15) is 9.18 Å². The molecule has 6 nitrogen and oxygen atoms in total. The molecule has 0 aliphatic carbocycles. The van der Waals surface area contributed by atoms with Crippen LogP contribution in [-0.4, -0.2) is 25.7 Å². The van der Waals surface area contributed by atoms with Crippen molar-refractivity contribution in [1.29, 1.82) is 0 Å². The molecule has 2 heterocycles. The third-order valence-corrected chi connectivity index (χ3v) is 6.56. The molecule has 178 valence electrons. The minimum absolute atomic E-state index is 0.166. The summed E-state index contributed by atoms with van der Waals surface area (Å²) in [4.78, 5) is 16.9. The second-order valence-corrected chi connectivity index (χ2v) is 8.92. The van der Waals surface area contributed by atoms with Gasteiger partial charge in [0.25, 0.3) is 5.91 Å². The maximum Gasteiger partial charge on any atom is 0.251 e. The normalized spacial score (nSPS) is 10.8. The zero-order chi connectivity index (χ0) is 24.7. The minimum Gasteiger partial charge on any atom is -0.345 e. The lowest BCUT2D eigenvalue weighted by Gasteiger charge is -2.11. The standard InChI is InChI=1S/C28H22FN5OS/c29-24-10-12-25(13-11-24)34-26(32-33-28(34)36-19-20-14-16-30-17-15-20)18-31-27(35)23-8-6-22(7-9-23)21-4-2-1-3-5-21/h1-17H,18-19H2,(H,31,35). The summed E-state index contributed by atoms with van der Waals surface area (Å²) in [5, 5.41) is 12.2. The molecule has 3 aromatic carbocycles. The lowest BCUT2D eigenvalue weighted by molar-refractivity contribution is 0.0949. The molecule has 5 aromatic rings. The molecule has 5 rings (SSSR count). The molecule has 0 radical (unpaired) electrons. The Balaban J connectivity index is 1.33. The van der Waals surface area contributed by atoms with Gasteiger partial charge in [0.15, 0.2) is 11.0 Å². The molecule has 2 aromatic heterocycles. The summed E-state index contributed by atoms with van der Waals surface area (Å²) in [6, 6.07) is 27.5. The van der Waals surface area contributed by atoms with E-state index in [0.29, 0.717) is 22.3 Å². The van der Waals surface area contributed by atoms with Gasteiger partial charge in [-0.25, -0.2) is 4.39 Å². The number of carbonyl (C=O) groups excluding carboxylic acids is 1. The largest absolute Gasteiger partial charge is 0.345 e. The van der Waals surface area contributed by atoms with Gasteiger partial charge in [0, 0.05) is 29.4 Å². The first-order chi connectivity index (χ1) is 17.7. The van der Waals surface area contributed by atoms with E-state index in [1.807, 2.05) is 59.2 Å². The first-order valence-electron chi connectivity index (χ1n) is 11.3. The second-order valence-electron chi connectivity index (χ2n) is 7.98. The Morgan fingerprint density at radius 1 is 0.833 bits per heavy atom. The van der Waals surface area contributed by atoms with Gasteiger partial charge in [0.2, 0.25) is 0 Å². The van der Waals surface area contributed by atoms with Crippen molar-refractivity contribution in [3.05, 3.63) is 126 Å². The average molecular weight is 496 g/mol. The number of hydrogen-bond acceptors (Lipinski definition) is 5. The predicted molar refractivity (Wildman–Crippen MR) is 138 cm³/mol. The highest BCUT2D eigenvalue weighted by Gasteiger charge is 2.16. The van der Waals surface area contributed by atoms with Crippen molar-refractivity contribution in [2.75, 3.05) is 0 Å². The van der Waals surface area contributed by atoms with Gasteiger partial charge < -0.3 is 5.32 Å².